The van der Waals surface area contributed by atoms with Gasteiger partial charge in [0.2, 0.25) is 0 Å². The van der Waals surface area contributed by atoms with Crippen LogP contribution in [0.5, 0.6) is 0 Å². The van der Waals surface area contributed by atoms with Crippen LogP contribution >= 0.6 is 23.2 Å². The number of hydrogen-bond acceptors (Lipinski definition) is 2. The van der Waals surface area contributed by atoms with Crippen LogP contribution in [0.3, 0.4) is 0 Å². The van der Waals surface area contributed by atoms with Gasteiger partial charge in [0, 0.05) is 28.8 Å². The SMILES string of the molecule is CCN(c1ccc(C)cc1)C(CN)c1cc(Cl)cc(Cl)c1. The van der Waals surface area contributed by atoms with E-state index in [0.29, 0.717) is 16.6 Å². The molecule has 0 aliphatic rings. The lowest BCUT2D eigenvalue weighted by Gasteiger charge is -2.32. The number of hydrogen-bond donors (Lipinski definition) is 1. The first-order chi connectivity index (χ1) is 10.0. The van der Waals surface area contributed by atoms with E-state index in [2.05, 4.69) is 43.0 Å². The molecule has 0 heterocycles. The number of benzene rings is 2. The molecule has 21 heavy (non-hydrogen) atoms. The highest BCUT2D eigenvalue weighted by Crippen LogP contribution is 2.30. The molecule has 1 atom stereocenters. The predicted molar refractivity (Wildman–Crippen MR) is 92.5 cm³/mol. The molecule has 0 fully saturated rings. The number of nitrogens with two attached hydrogens (primary N) is 1. The van der Waals surface area contributed by atoms with Crippen LogP contribution in [0.25, 0.3) is 0 Å². The summed E-state index contributed by atoms with van der Waals surface area (Å²) >= 11 is 12.2. The van der Waals surface area contributed by atoms with Gasteiger partial charge in [0.25, 0.3) is 0 Å². The zero-order valence-corrected chi connectivity index (χ0v) is 13.8. The molecule has 2 N–H and O–H groups in total. The van der Waals surface area contributed by atoms with E-state index in [1.165, 1.54) is 5.56 Å². The van der Waals surface area contributed by atoms with Gasteiger partial charge in [-0.3, -0.25) is 0 Å². The van der Waals surface area contributed by atoms with Crippen molar-refractivity contribution in [1.29, 1.82) is 0 Å². The fourth-order valence-corrected chi connectivity index (χ4v) is 3.07. The lowest BCUT2D eigenvalue weighted by molar-refractivity contribution is 0.643. The average Bonchev–Trinajstić information content (AvgIpc) is 2.44. The summed E-state index contributed by atoms with van der Waals surface area (Å²) in [6.45, 7) is 5.55. The van der Waals surface area contributed by atoms with E-state index in [1.807, 2.05) is 12.1 Å². The molecule has 2 aromatic rings. The lowest BCUT2D eigenvalue weighted by Crippen LogP contribution is -2.33. The number of anilines is 1. The summed E-state index contributed by atoms with van der Waals surface area (Å²) < 4.78 is 0. The Morgan fingerprint density at radius 2 is 1.62 bits per heavy atom. The zero-order chi connectivity index (χ0) is 15.4. The highest BCUT2D eigenvalue weighted by atomic mass is 35.5. The van der Waals surface area contributed by atoms with Gasteiger partial charge in [0.15, 0.2) is 0 Å². The van der Waals surface area contributed by atoms with Crippen LogP contribution in [0, 0.1) is 6.92 Å². The number of likely N-dealkylation sites (N-methyl/N-ethyl adjacent to an activating group) is 1. The van der Waals surface area contributed by atoms with Crippen molar-refractivity contribution < 1.29 is 0 Å². The number of nitrogens with zero attached hydrogens (tertiary/aromatic N) is 1. The highest BCUT2D eigenvalue weighted by molar-refractivity contribution is 6.34. The molecule has 0 amide bonds. The van der Waals surface area contributed by atoms with E-state index >= 15 is 0 Å². The predicted octanol–water partition coefficient (Wildman–Crippen LogP) is 4.83. The van der Waals surface area contributed by atoms with Crippen LogP contribution in [-0.4, -0.2) is 13.1 Å². The van der Waals surface area contributed by atoms with Crippen molar-refractivity contribution in [3.05, 3.63) is 63.6 Å². The van der Waals surface area contributed by atoms with Gasteiger partial charge in [-0.15, -0.1) is 0 Å². The topological polar surface area (TPSA) is 29.3 Å². The van der Waals surface area contributed by atoms with Crippen molar-refractivity contribution in [2.24, 2.45) is 5.73 Å². The lowest BCUT2D eigenvalue weighted by atomic mass is 10.0. The molecule has 4 heteroatoms. The molecule has 0 saturated carbocycles. The zero-order valence-electron chi connectivity index (χ0n) is 12.3. The summed E-state index contributed by atoms with van der Waals surface area (Å²) in [6.07, 6.45) is 0. The Hall–Kier alpha value is -1.22. The van der Waals surface area contributed by atoms with Crippen LogP contribution in [0.1, 0.15) is 24.1 Å². The van der Waals surface area contributed by atoms with Crippen molar-refractivity contribution in [3.63, 3.8) is 0 Å². The van der Waals surface area contributed by atoms with Gasteiger partial charge in [-0.1, -0.05) is 40.9 Å². The first-order valence-electron chi connectivity index (χ1n) is 7.04. The molecule has 1 unspecified atom stereocenters. The first-order valence-corrected chi connectivity index (χ1v) is 7.80. The molecule has 2 nitrogen and oxygen atoms in total. The molecule has 2 rings (SSSR count). The van der Waals surface area contributed by atoms with Crippen molar-refractivity contribution in [1.82, 2.24) is 0 Å². The maximum Gasteiger partial charge on any atom is 0.0665 e. The van der Waals surface area contributed by atoms with Crippen LogP contribution in [0.2, 0.25) is 10.0 Å². The second kappa shape index (κ2) is 7.17. The van der Waals surface area contributed by atoms with Gasteiger partial charge < -0.3 is 10.6 Å². The van der Waals surface area contributed by atoms with Crippen LogP contribution in [-0.2, 0) is 0 Å². The summed E-state index contributed by atoms with van der Waals surface area (Å²) in [5.74, 6) is 0. The average molecular weight is 323 g/mol. The minimum absolute atomic E-state index is 0.0499. The summed E-state index contributed by atoms with van der Waals surface area (Å²) in [5, 5.41) is 1.27. The molecule has 0 radical (unpaired) electrons. The van der Waals surface area contributed by atoms with Gasteiger partial charge in [-0.05, 0) is 49.7 Å². The molecule has 2 aromatic carbocycles. The van der Waals surface area contributed by atoms with E-state index < -0.39 is 0 Å². The molecular formula is C17H20Cl2N2. The van der Waals surface area contributed by atoms with Crippen molar-refractivity contribution in [2.75, 3.05) is 18.0 Å². The highest BCUT2D eigenvalue weighted by Gasteiger charge is 2.19. The Labute approximate surface area is 136 Å². The Balaban J connectivity index is 2.39. The Bertz CT molecular complexity index is 576. The summed E-state index contributed by atoms with van der Waals surface area (Å²) in [6, 6.07) is 14.1. The third-order valence-corrected chi connectivity index (χ3v) is 4.01. The van der Waals surface area contributed by atoms with Gasteiger partial charge >= 0.3 is 0 Å². The van der Waals surface area contributed by atoms with Gasteiger partial charge in [0.1, 0.15) is 0 Å². The van der Waals surface area contributed by atoms with Crippen molar-refractivity contribution in [2.45, 2.75) is 19.9 Å². The molecule has 0 spiro atoms. The third-order valence-electron chi connectivity index (χ3n) is 3.58. The summed E-state index contributed by atoms with van der Waals surface area (Å²) in [5.41, 5.74) is 9.45. The minimum atomic E-state index is 0.0499. The number of rotatable bonds is 5. The van der Waals surface area contributed by atoms with Crippen LogP contribution in [0.4, 0.5) is 5.69 Å². The summed E-state index contributed by atoms with van der Waals surface area (Å²) in [7, 11) is 0. The van der Waals surface area contributed by atoms with E-state index in [9.17, 15) is 0 Å². The quantitative estimate of drug-likeness (QED) is 0.854. The number of aryl methyl sites for hydroxylation is 1. The fourth-order valence-electron chi connectivity index (χ4n) is 2.53. The van der Waals surface area contributed by atoms with Gasteiger partial charge in [-0.25, -0.2) is 0 Å². The second-order valence-electron chi connectivity index (χ2n) is 5.08. The molecule has 0 bridgehead atoms. The van der Waals surface area contributed by atoms with E-state index in [4.69, 9.17) is 28.9 Å². The molecule has 0 saturated heterocycles. The monoisotopic (exact) mass is 322 g/mol. The Kier molecular flexibility index (Phi) is 5.51. The first kappa shape index (κ1) is 16.2. The Morgan fingerprint density at radius 1 is 1.05 bits per heavy atom. The van der Waals surface area contributed by atoms with Crippen LogP contribution < -0.4 is 10.6 Å². The van der Waals surface area contributed by atoms with Crippen LogP contribution in [0.15, 0.2) is 42.5 Å². The minimum Gasteiger partial charge on any atom is -0.363 e. The van der Waals surface area contributed by atoms with Gasteiger partial charge in [-0.2, -0.15) is 0 Å². The van der Waals surface area contributed by atoms with Crippen molar-refractivity contribution >= 4 is 28.9 Å². The second-order valence-corrected chi connectivity index (χ2v) is 5.95. The van der Waals surface area contributed by atoms with E-state index in [1.54, 1.807) is 6.07 Å². The smallest absolute Gasteiger partial charge is 0.0665 e. The number of halogens is 2. The third kappa shape index (κ3) is 3.91. The largest absolute Gasteiger partial charge is 0.363 e. The maximum atomic E-state index is 6.12. The standard InChI is InChI=1S/C17H20Cl2N2/c1-3-21(16-6-4-12(2)5-7-16)17(11-20)13-8-14(18)10-15(19)9-13/h4-10,17H,3,11,20H2,1-2H3. The van der Waals surface area contributed by atoms with Crippen molar-refractivity contribution in [3.8, 4) is 0 Å². The molecule has 0 aromatic heterocycles. The molecule has 112 valence electrons. The molecular weight excluding hydrogens is 303 g/mol. The van der Waals surface area contributed by atoms with E-state index in [-0.39, 0.29) is 6.04 Å². The normalized spacial score (nSPS) is 12.2. The van der Waals surface area contributed by atoms with E-state index in [0.717, 1.165) is 17.8 Å². The fraction of sp³-hybridized carbons (Fsp3) is 0.294. The molecule has 0 aliphatic carbocycles. The summed E-state index contributed by atoms with van der Waals surface area (Å²) in [4.78, 5) is 2.27. The Morgan fingerprint density at radius 3 is 2.10 bits per heavy atom. The maximum absolute atomic E-state index is 6.12. The molecule has 0 aliphatic heterocycles. The van der Waals surface area contributed by atoms with Gasteiger partial charge in [0.05, 0.1) is 6.04 Å².